The Bertz CT molecular complexity index is 692. The van der Waals surface area contributed by atoms with Crippen molar-refractivity contribution in [1.82, 2.24) is 9.72 Å². The van der Waals surface area contributed by atoms with E-state index in [1.54, 1.807) is 25.4 Å². The standard InChI is InChI=1S/C11H8N2O3/c1-13-8-3-2-7(9-4-5-12-16-9)6-10(8)15-11(13)14/h2-6H,1H3. The zero-order valence-corrected chi connectivity index (χ0v) is 8.51. The Hall–Kier alpha value is -2.30. The van der Waals surface area contributed by atoms with Crippen LogP contribution in [0, 0.1) is 0 Å². The Kier molecular flexibility index (Phi) is 1.73. The van der Waals surface area contributed by atoms with E-state index in [1.165, 1.54) is 4.57 Å². The van der Waals surface area contributed by atoms with Gasteiger partial charge < -0.3 is 8.94 Å². The highest BCUT2D eigenvalue weighted by atomic mass is 16.5. The van der Waals surface area contributed by atoms with Crippen molar-refractivity contribution < 1.29 is 8.94 Å². The van der Waals surface area contributed by atoms with E-state index in [1.807, 2.05) is 12.1 Å². The Balaban J connectivity index is 2.28. The fourth-order valence-corrected chi connectivity index (χ4v) is 1.65. The lowest BCUT2D eigenvalue weighted by atomic mass is 10.1. The molecule has 3 aromatic rings. The van der Waals surface area contributed by atoms with Gasteiger partial charge in [-0.05, 0) is 18.2 Å². The summed E-state index contributed by atoms with van der Waals surface area (Å²) in [7, 11) is 1.67. The van der Waals surface area contributed by atoms with E-state index in [-0.39, 0.29) is 5.76 Å². The summed E-state index contributed by atoms with van der Waals surface area (Å²) < 4.78 is 11.6. The largest absolute Gasteiger partial charge is 0.419 e. The fraction of sp³-hybridized carbons (Fsp3) is 0.0909. The van der Waals surface area contributed by atoms with Gasteiger partial charge in [-0.1, -0.05) is 5.16 Å². The Morgan fingerprint density at radius 3 is 2.94 bits per heavy atom. The van der Waals surface area contributed by atoms with E-state index >= 15 is 0 Å². The number of nitrogens with zero attached hydrogens (tertiary/aromatic N) is 2. The second-order valence-electron chi connectivity index (χ2n) is 3.49. The molecular weight excluding hydrogens is 208 g/mol. The van der Waals surface area contributed by atoms with E-state index in [4.69, 9.17) is 8.94 Å². The fourth-order valence-electron chi connectivity index (χ4n) is 1.65. The van der Waals surface area contributed by atoms with Crippen LogP contribution in [0.5, 0.6) is 0 Å². The minimum Gasteiger partial charge on any atom is -0.408 e. The normalized spacial score (nSPS) is 11.1. The lowest BCUT2D eigenvalue weighted by Gasteiger charge is -1.95. The summed E-state index contributed by atoms with van der Waals surface area (Å²) >= 11 is 0. The maximum atomic E-state index is 11.3. The number of fused-ring (bicyclic) bond motifs is 1. The lowest BCUT2D eigenvalue weighted by molar-refractivity contribution is 0.432. The molecule has 1 aromatic carbocycles. The average Bonchev–Trinajstić information content (AvgIpc) is 2.88. The van der Waals surface area contributed by atoms with Crippen molar-refractivity contribution in [2.75, 3.05) is 0 Å². The van der Waals surface area contributed by atoms with E-state index in [0.29, 0.717) is 11.3 Å². The van der Waals surface area contributed by atoms with E-state index in [9.17, 15) is 4.79 Å². The summed E-state index contributed by atoms with van der Waals surface area (Å²) in [5, 5.41) is 3.63. The molecule has 0 radical (unpaired) electrons. The molecule has 16 heavy (non-hydrogen) atoms. The molecule has 0 fully saturated rings. The van der Waals surface area contributed by atoms with Crippen molar-refractivity contribution in [3.63, 3.8) is 0 Å². The molecule has 3 rings (SSSR count). The first kappa shape index (κ1) is 8.96. The summed E-state index contributed by atoms with van der Waals surface area (Å²) in [5.41, 5.74) is 2.13. The summed E-state index contributed by atoms with van der Waals surface area (Å²) in [4.78, 5) is 11.3. The van der Waals surface area contributed by atoms with Crippen LogP contribution in [-0.4, -0.2) is 9.72 Å². The van der Waals surface area contributed by atoms with Gasteiger partial charge in [-0.25, -0.2) is 4.79 Å². The average molecular weight is 216 g/mol. The number of rotatable bonds is 1. The zero-order chi connectivity index (χ0) is 11.1. The molecule has 0 bridgehead atoms. The predicted octanol–water partition coefficient (Wildman–Crippen LogP) is 1.79. The third-order valence-corrected chi connectivity index (χ3v) is 2.51. The highest BCUT2D eigenvalue weighted by molar-refractivity contribution is 5.78. The zero-order valence-electron chi connectivity index (χ0n) is 8.51. The number of aromatic nitrogens is 2. The van der Waals surface area contributed by atoms with E-state index in [0.717, 1.165) is 11.1 Å². The topological polar surface area (TPSA) is 61.2 Å². The molecule has 0 aliphatic heterocycles. The Morgan fingerprint density at radius 1 is 1.31 bits per heavy atom. The third-order valence-electron chi connectivity index (χ3n) is 2.51. The van der Waals surface area contributed by atoms with Crippen LogP contribution in [0.1, 0.15) is 0 Å². The van der Waals surface area contributed by atoms with Crippen molar-refractivity contribution in [3.8, 4) is 11.3 Å². The van der Waals surface area contributed by atoms with Crippen LogP contribution in [0.25, 0.3) is 22.4 Å². The van der Waals surface area contributed by atoms with E-state index < -0.39 is 0 Å². The second-order valence-corrected chi connectivity index (χ2v) is 3.49. The number of hydrogen-bond acceptors (Lipinski definition) is 4. The molecule has 80 valence electrons. The van der Waals surface area contributed by atoms with Crippen LogP contribution in [-0.2, 0) is 7.05 Å². The first-order valence-electron chi connectivity index (χ1n) is 4.76. The summed E-state index contributed by atoms with van der Waals surface area (Å²) in [6, 6.07) is 7.19. The minimum atomic E-state index is -0.371. The molecule has 0 aliphatic carbocycles. The summed E-state index contributed by atoms with van der Waals surface area (Å²) in [6.45, 7) is 0. The Morgan fingerprint density at radius 2 is 2.19 bits per heavy atom. The molecule has 0 spiro atoms. The van der Waals surface area contributed by atoms with Gasteiger partial charge in [0.25, 0.3) is 0 Å². The van der Waals surface area contributed by atoms with Crippen LogP contribution in [0.3, 0.4) is 0 Å². The van der Waals surface area contributed by atoms with Crippen molar-refractivity contribution in [2.45, 2.75) is 0 Å². The van der Waals surface area contributed by atoms with E-state index in [2.05, 4.69) is 5.16 Å². The summed E-state index contributed by atoms with van der Waals surface area (Å²) in [6.07, 6.45) is 1.57. The quantitative estimate of drug-likeness (QED) is 0.622. The predicted molar refractivity (Wildman–Crippen MR) is 57.0 cm³/mol. The molecule has 5 heteroatoms. The molecule has 0 N–H and O–H groups in total. The second kappa shape index (κ2) is 3.10. The van der Waals surface area contributed by atoms with Gasteiger partial charge in [0.1, 0.15) is 0 Å². The van der Waals surface area contributed by atoms with Gasteiger partial charge in [-0.3, -0.25) is 4.57 Å². The highest BCUT2D eigenvalue weighted by Crippen LogP contribution is 2.23. The van der Waals surface area contributed by atoms with Crippen LogP contribution in [0.4, 0.5) is 0 Å². The molecular formula is C11H8N2O3. The van der Waals surface area contributed by atoms with Crippen LogP contribution >= 0.6 is 0 Å². The van der Waals surface area contributed by atoms with Gasteiger partial charge in [0, 0.05) is 18.7 Å². The monoisotopic (exact) mass is 216 g/mol. The molecule has 2 aromatic heterocycles. The van der Waals surface area contributed by atoms with Gasteiger partial charge in [0.05, 0.1) is 11.7 Å². The molecule has 0 saturated heterocycles. The van der Waals surface area contributed by atoms with Gasteiger partial charge in [0.15, 0.2) is 11.3 Å². The number of hydrogen-bond donors (Lipinski definition) is 0. The molecule has 0 unspecified atom stereocenters. The smallest absolute Gasteiger partial charge is 0.408 e. The van der Waals surface area contributed by atoms with Crippen molar-refractivity contribution in [2.24, 2.45) is 7.05 Å². The molecule has 0 atom stereocenters. The molecule has 0 amide bonds. The lowest BCUT2D eigenvalue weighted by Crippen LogP contribution is -2.08. The van der Waals surface area contributed by atoms with Gasteiger partial charge in [0.2, 0.25) is 0 Å². The minimum absolute atomic E-state index is 0.371. The van der Waals surface area contributed by atoms with Gasteiger partial charge >= 0.3 is 5.76 Å². The van der Waals surface area contributed by atoms with Gasteiger partial charge in [-0.2, -0.15) is 0 Å². The highest BCUT2D eigenvalue weighted by Gasteiger charge is 2.08. The maximum Gasteiger partial charge on any atom is 0.419 e. The van der Waals surface area contributed by atoms with Crippen LogP contribution < -0.4 is 5.76 Å². The molecule has 0 saturated carbocycles. The SMILES string of the molecule is Cn1c(=O)oc2cc(-c3ccno3)ccc21. The molecule has 0 aliphatic rings. The number of benzene rings is 1. The van der Waals surface area contributed by atoms with Crippen molar-refractivity contribution in [3.05, 3.63) is 41.0 Å². The van der Waals surface area contributed by atoms with Crippen LogP contribution in [0.2, 0.25) is 0 Å². The molecule has 2 heterocycles. The van der Waals surface area contributed by atoms with Gasteiger partial charge in [-0.15, -0.1) is 0 Å². The third kappa shape index (κ3) is 1.18. The maximum absolute atomic E-state index is 11.3. The first-order valence-corrected chi connectivity index (χ1v) is 4.76. The first-order chi connectivity index (χ1) is 7.75. The van der Waals surface area contributed by atoms with Crippen LogP contribution in [0.15, 0.2) is 44.2 Å². The van der Waals surface area contributed by atoms with Crippen molar-refractivity contribution in [1.29, 1.82) is 0 Å². The summed E-state index contributed by atoms with van der Waals surface area (Å²) in [5.74, 6) is 0.276. The Labute approximate surface area is 89.9 Å². The number of aryl methyl sites for hydroxylation is 1. The molecule has 5 nitrogen and oxygen atoms in total. The van der Waals surface area contributed by atoms with Crippen molar-refractivity contribution >= 4 is 11.1 Å². The number of oxazole rings is 1.